The van der Waals surface area contributed by atoms with E-state index in [2.05, 4.69) is 25.3 Å². The van der Waals surface area contributed by atoms with E-state index in [0.717, 1.165) is 42.3 Å². The summed E-state index contributed by atoms with van der Waals surface area (Å²) in [5, 5.41) is 7.42. The third-order valence-corrected chi connectivity index (χ3v) is 5.69. The van der Waals surface area contributed by atoms with Gasteiger partial charge in [-0.15, -0.1) is 11.3 Å². The minimum absolute atomic E-state index is 0.197. The Bertz CT molecular complexity index is 1060. The smallest absolute Gasteiger partial charge is 0.301 e. The van der Waals surface area contributed by atoms with Crippen molar-refractivity contribution in [3.8, 4) is 5.82 Å². The predicted molar refractivity (Wildman–Crippen MR) is 101 cm³/mol. The van der Waals surface area contributed by atoms with Crippen LogP contribution in [0.15, 0.2) is 24.5 Å². The van der Waals surface area contributed by atoms with Crippen LogP contribution in [0.4, 0.5) is 18.3 Å². The van der Waals surface area contributed by atoms with Crippen molar-refractivity contribution < 1.29 is 18.0 Å². The van der Waals surface area contributed by atoms with Gasteiger partial charge in [0.25, 0.3) is 5.91 Å². The highest BCUT2D eigenvalue weighted by Gasteiger charge is 2.31. The lowest BCUT2D eigenvalue weighted by Crippen LogP contribution is -2.25. The van der Waals surface area contributed by atoms with Gasteiger partial charge in [0.2, 0.25) is 0 Å². The molecule has 3 aromatic rings. The molecule has 0 saturated carbocycles. The highest BCUT2D eigenvalue weighted by molar-refractivity contribution is 7.15. The summed E-state index contributed by atoms with van der Waals surface area (Å²) in [5.74, 6) is -0.178. The zero-order valence-corrected chi connectivity index (χ0v) is 16.4. The van der Waals surface area contributed by atoms with Gasteiger partial charge in [0, 0.05) is 30.6 Å². The number of carbonyl (C=O) groups is 1. The summed E-state index contributed by atoms with van der Waals surface area (Å²) in [7, 11) is 2.04. The van der Waals surface area contributed by atoms with Crippen LogP contribution >= 0.6 is 11.3 Å². The van der Waals surface area contributed by atoms with Crippen LogP contribution in [0.5, 0.6) is 0 Å². The van der Waals surface area contributed by atoms with Gasteiger partial charge >= 0.3 is 6.18 Å². The second-order valence-corrected chi connectivity index (χ2v) is 7.87. The number of fused-ring (bicyclic) bond motifs is 1. The van der Waals surface area contributed by atoms with Crippen LogP contribution in [0, 0.1) is 6.92 Å². The van der Waals surface area contributed by atoms with Gasteiger partial charge < -0.3 is 4.90 Å². The Balaban J connectivity index is 1.53. The average molecular weight is 422 g/mol. The van der Waals surface area contributed by atoms with Crippen molar-refractivity contribution in [1.82, 2.24) is 24.6 Å². The van der Waals surface area contributed by atoms with Gasteiger partial charge in [-0.1, -0.05) is 0 Å². The fraction of sp³-hybridized carbons (Fsp3) is 0.333. The van der Waals surface area contributed by atoms with E-state index in [1.165, 1.54) is 28.3 Å². The third-order valence-electron chi connectivity index (χ3n) is 4.69. The van der Waals surface area contributed by atoms with Crippen molar-refractivity contribution in [1.29, 1.82) is 0 Å². The van der Waals surface area contributed by atoms with E-state index in [9.17, 15) is 18.0 Å². The minimum Gasteiger partial charge on any atom is -0.301 e. The molecule has 0 atom stereocenters. The molecule has 0 fully saturated rings. The number of halogens is 3. The zero-order chi connectivity index (χ0) is 20.8. The van der Waals surface area contributed by atoms with Crippen molar-refractivity contribution in [3.63, 3.8) is 0 Å². The van der Waals surface area contributed by atoms with Crippen LogP contribution in [0.1, 0.15) is 32.2 Å². The van der Waals surface area contributed by atoms with Gasteiger partial charge in [-0.2, -0.15) is 18.3 Å². The summed E-state index contributed by atoms with van der Waals surface area (Å²) < 4.78 is 39.4. The average Bonchev–Trinajstić information content (AvgIpc) is 3.23. The fourth-order valence-corrected chi connectivity index (χ4v) is 4.17. The lowest BCUT2D eigenvalue weighted by atomic mass is 10.2. The van der Waals surface area contributed by atoms with Gasteiger partial charge in [-0.05, 0) is 26.1 Å². The maximum absolute atomic E-state index is 12.7. The molecule has 0 radical (unpaired) electrons. The van der Waals surface area contributed by atoms with Crippen molar-refractivity contribution >= 4 is 22.4 Å². The molecule has 0 bridgehead atoms. The minimum atomic E-state index is -4.46. The number of hydrogen-bond donors (Lipinski definition) is 1. The molecule has 0 saturated heterocycles. The molecule has 0 aromatic carbocycles. The van der Waals surface area contributed by atoms with Gasteiger partial charge in [0.1, 0.15) is 0 Å². The number of anilines is 1. The highest BCUT2D eigenvalue weighted by Crippen LogP contribution is 2.30. The van der Waals surface area contributed by atoms with Gasteiger partial charge in [-0.3, -0.25) is 10.1 Å². The third kappa shape index (κ3) is 3.87. The number of aromatic nitrogens is 4. The number of likely N-dealkylation sites (N-methyl/N-ethyl adjacent to an activating group) is 1. The molecule has 1 aliphatic heterocycles. The number of alkyl halides is 3. The summed E-state index contributed by atoms with van der Waals surface area (Å²) >= 11 is 1.44. The van der Waals surface area contributed by atoms with Crippen LogP contribution in [-0.4, -0.2) is 44.1 Å². The summed E-state index contributed by atoms with van der Waals surface area (Å²) in [6.07, 6.45) is -1.51. The first-order chi connectivity index (χ1) is 13.7. The maximum Gasteiger partial charge on any atom is 0.417 e. The Labute approximate surface area is 168 Å². The molecular weight excluding hydrogens is 405 g/mol. The van der Waals surface area contributed by atoms with E-state index in [4.69, 9.17) is 0 Å². The SMILES string of the molecule is Cc1c(C(=O)Nc2nc3c(s2)CN(C)CC3)cnn1-c1ccc(C(F)(F)F)cn1. The number of thiazole rings is 1. The number of carbonyl (C=O) groups excluding carboxylic acids is 1. The first-order valence-corrected chi connectivity index (χ1v) is 9.61. The topological polar surface area (TPSA) is 75.9 Å². The number of pyridine rings is 1. The fourth-order valence-electron chi connectivity index (χ4n) is 3.08. The predicted octanol–water partition coefficient (Wildman–Crippen LogP) is 3.29. The first kappa shape index (κ1) is 19.5. The van der Waals surface area contributed by atoms with Crippen molar-refractivity contribution in [2.75, 3.05) is 18.9 Å². The summed E-state index contributed by atoms with van der Waals surface area (Å²) in [5.41, 5.74) is 0.931. The lowest BCUT2D eigenvalue weighted by Gasteiger charge is -2.20. The number of hydrogen-bond acceptors (Lipinski definition) is 6. The molecule has 1 aliphatic rings. The number of rotatable bonds is 3. The van der Waals surface area contributed by atoms with Crippen LogP contribution in [-0.2, 0) is 19.1 Å². The molecule has 3 aromatic heterocycles. The largest absolute Gasteiger partial charge is 0.417 e. The molecule has 0 aliphatic carbocycles. The Morgan fingerprint density at radius 3 is 2.76 bits per heavy atom. The normalized spacial score (nSPS) is 14.7. The summed E-state index contributed by atoms with van der Waals surface area (Å²) in [4.78, 5) is 24.3. The molecule has 152 valence electrons. The second-order valence-electron chi connectivity index (χ2n) is 6.79. The van der Waals surface area contributed by atoms with E-state index < -0.39 is 11.7 Å². The standard InChI is InChI=1S/C18H17F3N6OS/c1-10-12(8-23-27(10)15-4-3-11(7-22-15)18(19,20)21)16(28)25-17-24-13-5-6-26(2)9-14(13)29-17/h3-4,7-8H,5-6,9H2,1-2H3,(H,24,25,28). The Morgan fingerprint density at radius 1 is 1.28 bits per heavy atom. The summed E-state index contributed by atoms with van der Waals surface area (Å²) in [6.45, 7) is 3.39. The Hall–Kier alpha value is -2.79. The molecule has 1 N–H and O–H groups in total. The Kier molecular flexibility index (Phi) is 4.87. The molecule has 1 amide bonds. The molecule has 0 spiro atoms. The molecular formula is C18H17F3N6OS. The highest BCUT2D eigenvalue weighted by atomic mass is 32.1. The van der Waals surface area contributed by atoms with Gasteiger partial charge in [0.15, 0.2) is 10.9 Å². The lowest BCUT2D eigenvalue weighted by molar-refractivity contribution is -0.137. The van der Waals surface area contributed by atoms with Crippen LogP contribution in [0.3, 0.4) is 0 Å². The number of nitrogens with one attached hydrogen (secondary N) is 1. The van der Waals surface area contributed by atoms with Gasteiger partial charge in [0.05, 0.1) is 28.7 Å². The number of nitrogens with zero attached hydrogens (tertiary/aromatic N) is 5. The summed E-state index contributed by atoms with van der Waals surface area (Å²) in [6, 6.07) is 2.15. The van der Waals surface area contributed by atoms with Crippen LogP contribution in [0.2, 0.25) is 0 Å². The van der Waals surface area contributed by atoms with Crippen molar-refractivity contribution in [2.24, 2.45) is 0 Å². The quantitative estimate of drug-likeness (QED) is 0.701. The molecule has 7 nitrogen and oxygen atoms in total. The van der Waals surface area contributed by atoms with Crippen molar-refractivity contribution in [3.05, 3.63) is 51.9 Å². The van der Waals surface area contributed by atoms with E-state index in [-0.39, 0.29) is 11.7 Å². The van der Waals surface area contributed by atoms with E-state index >= 15 is 0 Å². The molecule has 4 heterocycles. The monoisotopic (exact) mass is 422 g/mol. The van der Waals surface area contributed by atoms with Crippen LogP contribution in [0.25, 0.3) is 5.82 Å². The van der Waals surface area contributed by atoms with E-state index in [1.807, 2.05) is 7.05 Å². The van der Waals surface area contributed by atoms with Crippen LogP contribution < -0.4 is 5.32 Å². The first-order valence-electron chi connectivity index (χ1n) is 8.79. The molecule has 4 rings (SSSR count). The molecule has 0 unspecified atom stereocenters. The molecule has 29 heavy (non-hydrogen) atoms. The molecule has 11 heteroatoms. The zero-order valence-electron chi connectivity index (χ0n) is 15.6. The van der Waals surface area contributed by atoms with Crippen molar-refractivity contribution in [2.45, 2.75) is 26.1 Å². The number of amides is 1. The Morgan fingerprint density at radius 2 is 2.07 bits per heavy atom. The van der Waals surface area contributed by atoms with Gasteiger partial charge in [-0.25, -0.2) is 14.6 Å². The second kappa shape index (κ2) is 7.23. The van der Waals surface area contributed by atoms with E-state index in [1.54, 1.807) is 6.92 Å². The van der Waals surface area contributed by atoms with E-state index in [0.29, 0.717) is 16.4 Å². The maximum atomic E-state index is 12.7.